The number of carboxylic acids is 1. The van der Waals surface area contributed by atoms with Gasteiger partial charge in [0.15, 0.2) is 11.3 Å². The van der Waals surface area contributed by atoms with Crippen LogP contribution in [0.5, 0.6) is 0 Å². The number of fused-ring (bicyclic) bond motifs is 2. The number of benzene rings is 3. The minimum absolute atomic E-state index is 0.0321. The molecule has 2 amide bonds. The molecule has 0 spiro atoms. The largest absolute Gasteiger partial charge is 0.744 e. The maximum Gasteiger partial charge on any atom is 0.336 e. The molecule has 1 saturated heterocycles. The van der Waals surface area contributed by atoms with Crippen molar-refractivity contribution in [3.8, 4) is 22.5 Å². The van der Waals surface area contributed by atoms with Crippen molar-refractivity contribution >= 4 is 60.6 Å². The summed E-state index contributed by atoms with van der Waals surface area (Å²) in [6.45, 7) is 2.17. The van der Waals surface area contributed by atoms with Crippen LogP contribution in [0, 0.1) is 5.41 Å². The van der Waals surface area contributed by atoms with E-state index in [4.69, 9.17) is 29.8 Å². The second-order valence-corrected chi connectivity index (χ2v) is 14.3. The highest BCUT2D eigenvalue weighted by Gasteiger charge is 2.32. The monoisotopic (exact) mass is 791 g/mol. The Morgan fingerprint density at radius 2 is 1.56 bits per heavy atom. The zero-order chi connectivity index (χ0) is 39.8. The molecule has 2 aromatic carbocycles. The van der Waals surface area contributed by atoms with Gasteiger partial charge in [0.1, 0.15) is 19.9 Å². The summed E-state index contributed by atoms with van der Waals surface area (Å²) in [5.74, 6) is -3.51. The summed E-state index contributed by atoms with van der Waals surface area (Å²) in [4.78, 5) is 46.7. The molecule has 0 aromatic heterocycles. The second kappa shape index (κ2) is 17.7. The molecule has 5 N–H and O–H groups in total. The van der Waals surface area contributed by atoms with Crippen LogP contribution in [0.1, 0.15) is 30.1 Å². The van der Waals surface area contributed by atoms with Crippen LogP contribution in [0.3, 0.4) is 0 Å². The van der Waals surface area contributed by atoms with Crippen LogP contribution in [0.4, 0.5) is 5.69 Å². The molecule has 3 aliphatic rings. The van der Waals surface area contributed by atoms with Crippen molar-refractivity contribution < 1.29 is 69.1 Å². The molecule has 0 bridgehead atoms. The average Bonchev–Trinajstić information content (AvgIpc) is 3.41. The van der Waals surface area contributed by atoms with Crippen molar-refractivity contribution in [2.24, 2.45) is 0 Å². The van der Waals surface area contributed by atoms with Gasteiger partial charge >= 0.3 is 11.9 Å². The Bertz CT molecular complexity index is 2310. The first kappa shape index (κ1) is 41.5. The normalized spacial score (nSPS) is 13.3. The molecule has 2 heterocycles. The summed E-state index contributed by atoms with van der Waals surface area (Å²) in [6, 6.07) is 10.8. The standard InChI is InChI=1S/C27H29N3O11S2.C6H7NO4/c1-38-12-13-40-15-14-39-11-10-30-42(33,34)25-20(28)8-6-18-22(16-4-2-3-5-17(16)27(31)32)19-7-9-21(29)26(43(35,36)37)24(19)41-23(18)25;1-4(8)11-7-5(9)2-3-6(7)10/h2-9,29-30H,10-15,28H2,1H3,(H,31,32)(H,35,36,37);2-3H2,1H3/p-1. The number of carbonyl (C=O) groups is 4. The van der Waals surface area contributed by atoms with Gasteiger partial charge in [-0.1, -0.05) is 18.2 Å². The lowest BCUT2D eigenvalue weighted by Crippen LogP contribution is -2.30. The number of carboxylic acid groups (broad SMARTS) is 1. The second-order valence-electron chi connectivity index (χ2n) is 11.2. The number of nitrogens with zero attached hydrogens (tertiary/aromatic N) is 1. The first-order chi connectivity index (χ1) is 25.5. The minimum Gasteiger partial charge on any atom is -0.744 e. The van der Waals surface area contributed by atoms with E-state index in [1.165, 1.54) is 49.6 Å². The number of nitrogen functional groups attached to an aromatic ring is 1. The number of aromatic carboxylic acids is 1. The number of carbonyl (C=O) groups excluding carboxylic acids is 3. The fourth-order valence-corrected chi connectivity index (χ4v) is 7.24. The summed E-state index contributed by atoms with van der Waals surface area (Å²) in [5.41, 5.74) is 5.29. The topological polar surface area (TPSA) is 295 Å². The van der Waals surface area contributed by atoms with Gasteiger partial charge in [-0.05, 0) is 35.9 Å². The predicted molar refractivity (Wildman–Crippen MR) is 185 cm³/mol. The number of hydrogen-bond acceptors (Lipinski definition) is 16. The summed E-state index contributed by atoms with van der Waals surface area (Å²) >= 11 is 0. The molecule has 1 fully saturated rings. The summed E-state index contributed by atoms with van der Waals surface area (Å²) < 4.78 is 87.5. The molecule has 1 aliphatic carbocycles. The number of amides is 2. The van der Waals surface area contributed by atoms with E-state index in [2.05, 4.69) is 9.56 Å². The van der Waals surface area contributed by atoms with Crippen LogP contribution in [-0.2, 0) is 53.6 Å². The number of anilines is 1. The van der Waals surface area contributed by atoms with Crippen LogP contribution in [0.15, 0.2) is 62.7 Å². The van der Waals surface area contributed by atoms with Crippen LogP contribution in [0.2, 0.25) is 0 Å². The van der Waals surface area contributed by atoms with E-state index in [1.54, 1.807) is 0 Å². The van der Waals surface area contributed by atoms with Gasteiger partial charge in [0.2, 0.25) is 10.0 Å². The van der Waals surface area contributed by atoms with Crippen molar-refractivity contribution in [1.82, 2.24) is 9.79 Å². The van der Waals surface area contributed by atoms with E-state index in [0.717, 1.165) is 13.0 Å². The maximum atomic E-state index is 13.5. The number of imide groups is 1. The lowest BCUT2D eigenvalue weighted by molar-refractivity contribution is -0.195. The quantitative estimate of drug-likeness (QED) is 0.0435. The fraction of sp³-hybridized carbons (Fsp3) is 0.303. The van der Waals surface area contributed by atoms with Crippen molar-refractivity contribution in [2.45, 2.75) is 29.6 Å². The van der Waals surface area contributed by atoms with Crippen molar-refractivity contribution in [3.63, 3.8) is 0 Å². The number of nitrogens with one attached hydrogen (secondary N) is 2. The molecular weight excluding hydrogens is 757 g/mol. The van der Waals surface area contributed by atoms with Crippen molar-refractivity contribution in [1.29, 1.82) is 5.41 Å². The molecule has 0 atom stereocenters. The fourth-order valence-electron chi connectivity index (χ4n) is 5.26. The molecular formula is C33H35N4O15S2-. The van der Waals surface area contributed by atoms with E-state index < -0.39 is 70.4 Å². The summed E-state index contributed by atoms with van der Waals surface area (Å²) in [6.07, 6.45) is 0.262. The van der Waals surface area contributed by atoms with E-state index in [0.29, 0.717) is 18.3 Å². The number of ether oxygens (including phenoxy) is 3. The summed E-state index contributed by atoms with van der Waals surface area (Å²) in [5, 5.41) is 17.9. The Kier molecular flexibility index (Phi) is 13.6. The minimum atomic E-state index is -5.32. The third-order valence-electron chi connectivity index (χ3n) is 7.51. The SMILES string of the molecule is CC(=O)ON1C(=O)CCC1=O.COCCOCCOCCNS(=O)(=O)c1c(N)ccc2c(-c3ccccc3C(=O)O)c3ccc(=N)c(S(=O)(=O)[O-])c-3oc12. The van der Waals surface area contributed by atoms with Crippen LogP contribution < -0.4 is 15.8 Å². The number of nitrogens with two attached hydrogens (primary N) is 1. The third kappa shape index (κ3) is 9.62. The van der Waals surface area contributed by atoms with Crippen molar-refractivity contribution in [3.05, 3.63) is 59.5 Å². The van der Waals surface area contributed by atoms with Gasteiger partial charge in [-0.25, -0.2) is 31.1 Å². The van der Waals surface area contributed by atoms with Gasteiger partial charge < -0.3 is 38.9 Å². The van der Waals surface area contributed by atoms with Gasteiger partial charge in [0, 0.05) is 49.9 Å². The first-order valence-electron chi connectivity index (χ1n) is 15.8. The van der Waals surface area contributed by atoms with Gasteiger partial charge in [0.25, 0.3) is 11.8 Å². The van der Waals surface area contributed by atoms with Crippen LogP contribution >= 0.6 is 0 Å². The van der Waals surface area contributed by atoms with Crippen LogP contribution in [-0.4, -0.2) is 102 Å². The molecule has 0 unspecified atom stereocenters. The van der Waals surface area contributed by atoms with Gasteiger partial charge in [-0.2, -0.15) is 0 Å². The van der Waals surface area contributed by atoms with Gasteiger partial charge in [-0.15, -0.1) is 5.06 Å². The highest BCUT2D eigenvalue weighted by molar-refractivity contribution is 7.90. The lowest BCUT2D eigenvalue weighted by Gasteiger charge is -2.21. The number of methoxy groups -OCH3 is 1. The zero-order valence-corrected chi connectivity index (χ0v) is 30.4. The molecule has 19 nitrogen and oxygen atoms in total. The van der Waals surface area contributed by atoms with Crippen LogP contribution in [0.25, 0.3) is 33.4 Å². The molecule has 21 heteroatoms. The third-order valence-corrected chi connectivity index (χ3v) is 9.96. The number of sulfonamides is 1. The smallest absolute Gasteiger partial charge is 0.336 e. The van der Waals surface area contributed by atoms with Gasteiger partial charge in [-0.3, -0.25) is 15.0 Å². The van der Waals surface area contributed by atoms with E-state index in [-0.39, 0.29) is 72.5 Å². The summed E-state index contributed by atoms with van der Waals surface area (Å²) in [7, 11) is -8.24. The molecule has 290 valence electrons. The Labute approximate surface area is 308 Å². The Morgan fingerprint density at radius 3 is 2.17 bits per heavy atom. The molecule has 0 saturated carbocycles. The zero-order valence-electron chi connectivity index (χ0n) is 28.8. The number of hydroxylamine groups is 2. The highest BCUT2D eigenvalue weighted by atomic mass is 32.2. The maximum absolute atomic E-state index is 13.5. The lowest BCUT2D eigenvalue weighted by atomic mass is 9.90. The molecule has 5 rings (SSSR count). The predicted octanol–water partition coefficient (Wildman–Crippen LogP) is 1.44. The van der Waals surface area contributed by atoms with Crippen molar-refractivity contribution in [2.75, 3.05) is 52.4 Å². The Morgan fingerprint density at radius 1 is 0.926 bits per heavy atom. The highest BCUT2D eigenvalue weighted by Crippen LogP contribution is 2.45. The molecule has 2 aliphatic heterocycles. The Balaban J connectivity index is 0.000000506. The van der Waals surface area contributed by atoms with E-state index in [9.17, 15) is 45.7 Å². The molecule has 54 heavy (non-hydrogen) atoms. The van der Waals surface area contributed by atoms with E-state index in [1.807, 2.05) is 0 Å². The number of hydrogen-bond donors (Lipinski definition) is 4. The molecule has 2 aromatic rings. The Hall–Kier alpha value is -5.29. The molecule has 0 radical (unpaired) electrons. The van der Waals surface area contributed by atoms with Gasteiger partial charge in [0.05, 0.1) is 49.6 Å². The van der Waals surface area contributed by atoms with E-state index >= 15 is 0 Å². The number of rotatable bonds is 15. The first-order valence-corrected chi connectivity index (χ1v) is 18.7. The average molecular weight is 792 g/mol.